The average Bonchev–Trinajstić information content (AvgIpc) is 2.84. The number of ether oxygens (including phenoxy) is 1. The molecular formula is C11H15N2O6P. The summed E-state index contributed by atoms with van der Waals surface area (Å²) in [7, 11) is -4.73. The molecule has 0 aromatic carbocycles. The maximum atomic E-state index is 11.1. The van der Waals surface area contributed by atoms with Crippen LogP contribution in [0, 0.1) is 0 Å². The van der Waals surface area contributed by atoms with E-state index in [1.807, 2.05) is 0 Å². The molecule has 3 unspecified atom stereocenters. The van der Waals surface area contributed by atoms with Crippen LogP contribution in [0.4, 0.5) is 0 Å². The van der Waals surface area contributed by atoms with Crippen molar-refractivity contribution in [2.45, 2.75) is 25.2 Å². The molecule has 0 saturated carbocycles. The van der Waals surface area contributed by atoms with Crippen molar-refractivity contribution in [3.05, 3.63) is 30.1 Å². The highest BCUT2D eigenvalue weighted by Crippen LogP contribution is 2.33. The highest BCUT2D eigenvalue weighted by molar-refractivity contribution is 7.44. The van der Waals surface area contributed by atoms with E-state index in [4.69, 9.17) is 15.4 Å². The fourth-order valence-electron chi connectivity index (χ4n) is 2.02. The minimum Gasteiger partial charge on any atom is -0.756 e. The molecule has 1 aromatic rings. The number of phosphoric ester groups is 1. The SMILES string of the molecule is NC(=O)c1ccc[n+](C2CCC(COP(=O)([O-])O)O2)c1. The minimum absolute atomic E-state index is 0.232. The summed E-state index contributed by atoms with van der Waals surface area (Å²) in [6, 6.07) is 3.26. The van der Waals surface area contributed by atoms with Gasteiger partial charge in [0.05, 0.1) is 12.7 Å². The highest BCUT2D eigenvalue weighted by atomic mass is 31.2. The molecule has 3 atom stereocenters. The van der Waals surface area contributed by atoms with Crippen LogP contribution in [-0.2, 0) is 13.8 Å². The van der Waals surface area contributed by atoms with Crippen molar-refractivity contribution < 1.29 is 33.0 Å². The summed E-state index contributed by atoms with van der Waals surface area (Å²) in [5.74, 6) is -0.537. The summed E-state index contributed by atoms with van der Waals surface area (Å²) < 4.78 is 22.1. The molecular weight excluding hydrogens is 287 g/mol. The Balaban J connectivity index is 1.97. The molecule has 0 radical (unpaired) electrons. The van der Waals surface area contributed by atoms with Gasteiger partial charge in [-0.2, -0.15) is 4.57 Å². The smallest absolute Gasteiger partial charge is 0.265 e. The molecule has 9 heteroatoms. The van der Waals surface area contributed by atoms with Crippen LogP contribution in [0.5, 0.6) is 0 Å². The Morgan fingerprint density at radius 3 is 3.05 bits per heavy atom. The number of phosphoric acid groups is 1. The third-order valence-electron chi connectivity index (χ3n) is 2.95. The minimum atomic E-state index is -4.73. The summed E-state index contributed by atoms with van der Waals surface area (Å²) in [5, 5.41) is 0. The second-order valence-electron chi connectivity index (χ2n) is 4.46. The quantitative estimate of drug-likeness (QED) is 0.543. The lowest BCUT2D eigenvalue weighted by atomic mass is 10.2. The molecule has 1 aliphatic rings. The predicted molar refractivity (Wildman–Crippen MR) is 64.1 cm³/mol. The van der Waals surface area contributed by atoms with E-state index >= 15 is 0 Å². The van der Waals surface area contributed by atoms with Gasteiger partial charge < -0.3 is 24.8 Å². The molecule has 3 N–H and O–H groups in total. The Morgan fingerprint density at radius 2 is 2.40 bits per heavy atom. The molecule has 1 amide bonds. The number of hydrogen-bond donors (Lipinski definition) is 2. The van der Waals surface area contributed by atoms with E-state index in [-0.39, 0.29) is 12.8 Å². The molecule has 0 spiro atoms. The first-order valence-electron chi connectivity index (χ1n) is 5.99. The summed E-state index contributed by atoms with van der Waals surface area (Å²) in [6.07, 6.45) is 3.76. The molecule has 2 rings (SSSR count). The molecule has 0 bridgehead atoms. The summed E-state index contributed by atoms with van der Waals surface area (Å²) in [5.41, 5.74) is 5.55. The molecule has 2 heterocycles. The lowest BCUT2D eigenvalue weighted by Gasteiger charge is -2.18. The third kappa shape index (κ3) is 4.09. The second kappa shape index (κ2) is 5.99. The van der Waals surface area contributed by atoms with Gasteiger partial charge in [-0.3, -0.25) is 9.36 Å². The molecule has 8 nitrogen and oxygen atoms in total. The predicted octanol–water partition coefficient (Wildman–Crippen LogP) is -0.772. The fourth-order valence-corrected chi connectivity index (χ4v) is 2.38. The van der Waals surface area contributed by atoms with E-state index in [1.165, 1.54) is 0 Å². The van der Waals surface area contributed by atoms with Crippen molar-refractivity contribution in [1.29, 1.82) is 0 Å². The van der Waals surface area contributed by atoms with E-state index < -0.39 is 19.8 Å². The summed E-state index contributed by atoms with van der Waals surface area (Å²) in [6.45, 7) is -0.232. The van der Waals surface area contributed by atoms with Crippen LogP contribution in [0.3, 0.4) is 0 Å². The van der Waals surface area contributed by atoms with E-state index in [9.17, 15) is 14.3 Å². The number of rotatable bonds is 5. The number of hydrogen-bond acceptors (Lipinski definition) is 5. The summed E-state index contributed by atoms with van der Waals surface area (Å²) >= 11 is 0. The van der Waals surface area contributed by atoms with Crippen LogP contribution in [0.25, 0.3) is 0 Å². The number of primary amides is 1. The van der Waals surface area contributed by atoms with Gasteiger partial charge in [0, 0.05) is 12.5 Å². The molecule has 1 saturated heterocycles. The van der Waals surface area contributed by atoms with E-state index in [0.717, 1.165) is 0 Å². The van der Waals surface area contributed by atoms with Gasteiger partial charge in [0.1, 0.15) is 5.56 Å². The van der Waals surface area contributed by atoms with Crippen molar-refractivity contribution >= 4 is 13.7 Å². The Bertz CT molecular complexity index is 545. The molecule has 110 valence electrons. The summed E-state index contributed by atoms with van der Waals surface area (Å²) in [4.78, 5) is 30.1. The molecule has 1 aliphatic heterocycles. The fraction of sp³-hybridized carbons (Fsp3) is 0.455. The third-order valence-corrected chi connectivity index (χ3v) is 3.42. The largest absolute Gasteiger partial charge is 0.756 e. The highest BCUT2D eigenvalue weighted by Gasteiger charge is 2.32. The van der Waals surface area contributed by atoms with E-state index in [2.05, 4.69) is 4.52 Å². The van der Waals surface area contributed by atoms with Gasteiger partial charge in [-0.25, -0.2) is 0 Å². The van der Waals surface area contributed by atoms with E-state index in [1.54, 1.807) is 29.1 Å². The lowest BCUT2D eigenvalue weighted by Crippen LogP contribution is -2.40. The topological polar surface area (TPSA) is 126 Å². The molecule has 1 fully saturated rings. The zero-order valence-corrected chi connectivity index (χ0v) is 11.4. The average molecular weight is 302 g/mol. The standard InChI is InChI=1S/C11H15N2O6P/c12-11(14)8-2-1-5-13(6-8)10-4-3-9(19-10)7-18-20(15,16)17/h1-2,5-6,9-10H,3-4,7H2,(H3-,12,14,15,16,17). The van der Waals surface area contributed by atoms with Gasteiger partial charge in [0.15, 0.2) is 12.4 Å². The number of carbonyl (C=O) groups excluding carboxylic acids is 1. The van der Waals surface area contributed by atoms with Crippen LogP contribution in [0.15, 0.2) is 24.5 Å². The first-order chi connectivity index (χ1) is 9.35. The Labute approximate surface area is 115 Å². The van der Waals surface area contributed by atoms with Crippen molar-refractivity contribution in [1.82, 2.24) is 0 Å². The van der Waals surface area contributed by atoms with Gasteiger partial charge in [-0.1, -0.05) is 0 Å². The molecule has 0 aliphatic carbocycles. The first kappa shape index (κ1) is 15.1. The van der Waals surface area contributed by atoms with Crippen LogP contribution in [-0.4, -0.2) is 23.5 Å². The van der Waals surface area contributed by atoms with E-state index in [0.29, 0.717) is 18.4 Å². The molecule has 20 heavy (non-hydrogen) atoms. The van der Waals surface area contributed by atoms with Gasteiger partial charge >= 0.3 is 0 Å². The van der Waals surface area contributed by atoms with Gasteiger partial charge in [0.2, 0.25) is 0 Å². The maximum absolute atomic E-state index is 11.1. The van der Waals surface area contributed by atoms with Crippen molar-refractivity contribution in [3.63, 3.8) is 0 Å². The number of amides is 1. The van der Waals surface area contributed by atoms with Crippen LogP contribution in [0.1, 0.15) is 29.4 Å². The van der Waals surface area contributed by atoms with Crippen molar-refractivity contribution in [3.8, 4) is 0 Å². The number of aromatic nitrogens is 1. The zero-order chi connectivity index (χ0) is 14.8. The number of pyridine rings is 1. The van der Waals surface area contributed by atoms with Gasteiger partial charge in [-0.15, -0.1) is 0 Å². The number of carbonyl (C=O) groups is 1. The van der Waals surface area contributed by atoms with Crippen molar-refractivity contribution in [2.24, 2.45) is 5.73 Å². The normalized spacial score (nSPS) is 25.3. The first-order valence-corrected chi connectivity index (χ1v) is 7.49. The Kier molecular flexibility index (Phi) is 4.52. The Morgan fingerprint density at radius 1 is 1.65 bits per heavy atom. The van der Waals surface area contributed by atoms with Gasteiger partial charge in [-0.05, 0) is 12.5 Å². The van der Waals surface area contributed by atoms with Crippen molar-refractivity contribution in [2.75, 3.05) is 6.61 Å². The molecule has 1 aromatic heterocycles. The van der Waals surface area contributed by atoms with Crippen LogP contribution in [0.2, 0.25) is 0 Å². The Hall–Kier alpha value is -1.31. The number of nitrogens with two attached hydrogens (primary N) is 1. The maximum Gasteiger partial charge on any atom is 0.265 e. The number of nitrogens with zero attached hydrogens (tertiary/aromatic N) is 1. The van der Waals surface area contributed by atoms with Crippen LogP contribution < -0.4 is 15.2 Å². The van der Waals surface area contributed by atoms with Crippen LogP contribution >= 0.6 is 7.82 Å². The lowest BCUT2D eigenvalue weighted by molar-refractivity contribution is -0.759. The second-order valence-corrected chi connectivity index (χ2v) is 5.65. The van der Waals surface area contributed by atoms with Gasteiger partial charge in [0.25, 0.3) is 20.0 Å². The monoisotopic (exact) mass is 302 g/mol. The zero-order valence-electron chi connectivity index (χ0n) is 10.5.